The highest BCUT2D eigenvalue weighted by Crippen LogP contribution is 2.21. The van der Waals surface area contributed by atoms with Crippen molar-refractivity contribution in [1.82, 2.24) is 0 Å². The van der Waals surface area contributed by atoms with E-state index < -0.39 is 5.97 Å². The molecule has 1 fully saturated rings. The van der Waals surface area contributed by atoms with Crippen molar-refractivity contribution in [2.45, 2.75) is 44.6 Å². The molecule has 2 rings (SSSR count). The lowest BCUT2D eigenvalue weighted by Gasteiger charge is -2.21. The van der Waals surface area contributed by atoms with E-state index in [1.807, 2.05) is 0 Å². The molecule has 0 saturated heterocycles. The van der Waals surface area contributed by atoms with Crippen molar-refractivity contribution in [3.05, 3.63) is 29.8 Å². The molecule has 0 amide bonds. The summed E-state index contributed by atoms with van der Waals surface area (Å²) in [6.07, 6.45) is 7.40. The van der Waals surface area contributed by atoms with Gasteiger partial charge in [0, 0.05) is 6.42 Å². The summed E-state index contributed by atoms with van der Waals surface area (Å²) in [6.45, 7) is 1.16. The Morgan fingerprint density at radius 2 is 1.90 bits per heavy atom. The first-order valence-electron chi connectivity index (χ1n) is 7.34. The summed E-state index contributed by atoms with van der Waals surface area (Å²) in [7, 11) is 0. The third kappa shape index (κ3) is 4.53. The smallest absolute Gasteiger partial charge is 0.339 e. The van der Waals surface area contributed by atoms with Crippen molar-refractivity contribution in [3.8, 4) is 5.75 Å². The van der Waals surface area contributed by atoms with Gasteiger partial charge in [0.2, 0.25) is 0 Å². The highest BCUT2D eigenvalue weighted by Gasteiger charge is 2.13. The minimum atomic E-state index is -0.959. The number of aromatic carboxylic acids is 1. The molecule has 4 heteroatoms. The van der Waals surface area contributed by atoms with Crippen LogP contribution in [0.5, 0.6) is 5.75 Å². The molecule has 1 saturated carbocycles. The molecule has 1 aromatic rings. The number of hydrogen-bond donors (Lipinski definition) is 1. The molecule has 0 aliphatic heterocycles. The molecule has 0 bridgehead atoms. The van der Waals surface area contributed by atoms with Crippen LogP contribution in [-0.4, -0.2) is 30.4 Å². The molecule has 1 N–H and O–H groups in total. The lowest BCUT2D eigenvalue weighted by atomic mass is 9.98. The summed E-state index contributed by atoms with van der Waals surface area (Å²) in [5, 5.41) is 9.03. The van der Waals surface area contributed by atoms with Gasteiger partial charge in [-0.05, 0) is 25.0 Å². The average molecular weight is 278 g/mol. The number of ether oxygens (including phenoxy) is 2. The summed E-state index contributed by atoms with van der Waals surface area (Å²) in [5.41, 5.74) is 0.209. The predicted octanol–water partition coefficient (Wildman–Crippen LogP) is 3.50. The van der Waals surface area contributed by atoms with Crippen LogP contribution in [0.25, 0.3) is 0 Å². The van der Waals surface area contributed by atoms with Crippen LogP contribution in [0.4, 0.5) is 0 Å². The van der Waals surface area contributed by atoms with E-state index >= 15 is 0 Å². The SMILES string of the molecule is O=C(O)c1ccccc1OCCCOC1CCCCC1. The zero-order valence-corrected chi connectivity index (χ0v) is 11.7. The van der Waals surface area contributed by atoms with Gasteiger partial charge < -0.3 is 14.6 Å². The molecule has 20 heavy (non-hydrogen) atoms. The lowest BCUT2D eigenvalue weighted by Crippen LogP contribution is -2.18. The number of carboxylic acids is 1. The first-order valence-corrected chi connectivity index (χ1v) is 7.34. The van der Waals surface area contributed by atoms with Gasteiger partial charge >= 0.3 is 5.97 Å². The number of para-hydroxylation sites is 1. The highest BCUT2D eigenvalue weighted by molar-refractivity contribution is 5.90. The fourth-order valence-electron chi connectivity index (χ4n) is 2.49. The quantitative estimate of drug-likeness (QED) is 0.775. The molecular formula is C16H22O4. The number of hydrogen-bond acceptors (Lipinski definition) is 3. The molecular weight excluding hydrogens is 256 g/mol. The number of benzene rings is 1. The van der Waals surface area contributed by atoms with Crippen LogP contribution in [-0.2, 0) is 4.74 Å². The fraction of sp³-hybridized carbons (Fsp3) is 0.562. The van der Waals surface area contributed by atoms with Crippen molar-refractivity contribution in [2.75, 3.05) is 13.2 Å². The Labute approximate surface area is 119 Å². The van der Waals surface area contributed by atoms with Crippen molar-refractivity contribution in [1.29, 1.82) is 0 Å². The average Bonchev–Trinajstić information content (AvgIpc) is 2.48. The molecule has 1 aliphatic carbocycles. The second-order valence-corrected chi connectivity index (χ2v) is 5.13. The predicted molar refractivity (Wildman–Crippen MR) is 76.3 cm³/mol. The van der Waals surface area contributed by atoms with Crippen molar-refractivity contribution >= 4 is 5.97 Å². The fourth-order valence-corrected chi connectivity index (χ4v) is 2.49. The topological polar surface area (TPSA) is 55.8 Å². The van der Waals surface area contributed by atoms with Gasteiger partial charge in [-0.3, -0.25) is 0 Å². The molecule has 1 aromatic carbocycles. The Morgan fingerprint density at radius 3 is 2.65 bits per heavy atom. The van der Waals surface area contributed by atoms with Gasteiger partial charge in [-0.25, -0.2) is 4.79 Å². The summed E-state index contributed by atoms with van der Waals surface area (Å²) in [6, 6.07) is 6.71. The van der Waals surface area contributed by atoms with E-state index in [2.05, 4.69) is 0 Å². The normalized spacial score (nSPS) is 16.0. The Hall–Kier alpha value is -1.55. The van der Waals surface area contributed by atoms with Gasteiger partial charge in [-0.15, -0.1) is 0 Å². The van der Waals surface area contributed by atoms with E-state index in [0.717, 1.165) is 6.42 Å². The van der Waals surface area contributed by atoms with Crippen LogP contribution in [0.15, 0.2) is 24.3 Å². The third-order valence-corrected chi connectivity index (χ3v) is 3.57. The van der Waals surface area contributed by atoms with Gasteiger partial charge in [0.15, 0.2) is 0 Å². The standard InChI is InChI=1S/C16H22O4/c17-16(18)14-9-4-5-10-15(14)20-12-6-11-19-13-7-2-1-3-8-13/h4-5,9-10,13H,1-3,6-8,11-12H2,(H,17,18). The molecule has 0 radical (unpaired) electrons. The van der Waals surface area contributed by atoms with Crippen LogP contribution in [0.1, 0.15) is 48.9 Å². The van der Waals surface area contributed by atoms with Crippen molar-refractivity contribution in [3.63, 3.8) is 0 Å². The maximum Gasteiger partial charge on any atom is 0.339 e. The van der Waals surface area contributed by atoms with Gasteiger partial charge in [0.1, 0.15) is 11.3 Å². The molecule has 0 spiro atoms. The molecule has 0 aromatic heterocycles. The molecule has 110 valence electrons. The second-order valence-electron chi connectivity index (χ2n) is 5.13. The Morgan fingerprint density at radius 1 is 1.15 bits per heavy atom. The van der Waals surface area contributed by atoms with Crippen LogP contribution in [0, 0.1) is 0 Å². The Balaban J connectivity index is 1.67. The first kappa shape index (κ1) is 14.9. The zero-order valence-electron chi connectivity index (χ0n) is 11.7. The van der Waals surface area contributed by atoms with Crippen LogP contribution >= 0.6 is 0 Å². The van der Waals surface area contributed by atoms with E-state index in [1.165, 1.54) is 32.1 Å². The first-order chi connectivity index (χ1) is 9.77. The molecule has 0 atom stereocenters. The number of rotatable bonds is 7. The van der Waals surface area contributed by atoms with E-state index in [4.69, 9.17) is 14.6 Å². The van der Waals surface area contributed by atoms with E-state index in [-0.39, 0.29) is 5.56 Å². The minimum absolute atomic E-state index is 0.209. The second kappa shape index (κ2) is 7.90. The monoisotopic (exact) mass is 278 g/mol. The summed E-state index contributed by atoms with van der Waals surface area (Å²) in [4.78, 5) is 11.0. The van der Waals surface area contributed by atoms with Gasteiger partial charge in [-0.2, -0.15) is 0 Å². The number of carbonyl (C=O) groups is 1. The highest BCUT2D eigenvalue weighted by atomic mass is 16.5. The Kier molecular flexibility index (Phi) is 5.87. The van der Waals surface area contributed by atoms with Crippen LogP contribution < -0.4 is 4.74 Å². The van der Waals surface area contributed by atoms with Crippen LogP contribution in [0.3, 0.4) is 0 Å². The van der Waals surface area contributed by atoms with E-state index in [9.17, 15) is 4.79 Å². The number of carboxylic acid groups (broad SMARTS) is 1. The maximum atomic E-state index is 11.0. The molecule has 4 nitrogen and oxygen atoms in total. The largest absolute Gasteiger partial charge is 0.493 e. The van der Waals surface area contributed by atoms with E-state index in [0.29, 0.717) is 25.1 Å². The van der Waals surface area contributed by atoms with Crippen LogP contribution in [0.2, 0.25) is 0 Å². The van der Waals surface area contributed by atoms with Gasteiger partial charge in [0.25, 0.3) is 0 Å². The third-order valence-electron chi connectivity index (χ3n) is 3.57. The van der Waals surface area contributed by atoms with Crippen molar-refractivity contribution < 1.29 is 19.4 Å². The summed E-state index contributed by atoms with van der Waals surface area (Å²) >= 11 is 0. The minimum Gasteiger partial charge on any atom is -0.493 e. The molecule has 0 heterocycles. The molecule has 0 unspecified atom stereocenters. The van der Waals surface area contributed by atoms with Gasteiger partial charge in [0.05, 0.1) is 19.3 Å². The molecule has 1 aliphatic rings. The van der Waals surface area contributed by atoms with E-state index in [1.54, 1.807) is 24.3 Å². The summed E-state index contributed by atoms with van der Waals surface area (Å²) in [5.74, 6) is -0.531. The Bertz CT molecular complexity index is 424. The maximum absolute atomic E-state index is 11.0. The summed E-state index contributed by atoms with van der Waals surface area (Å²) < 4.78 is 11.3. The van der Waals surface area contributed by atoms with Gasteiger partial charge in [-0.1, -0.05) is 31.4 Å². The zero-order chi connectivity index (χ0) is 14.2. The van der Waals surface area contributed by atoms with Crippen molar-refractivity contribution in [2.24, 2.45) is 0 Å². The lowest BCUT2D eigenvalue weighted by molar-refractivity contribution is 0.0226.